The summed E-state index contributed by atoms with van der Waals surface area (Å²) in [5.41, 5.74) is 2.96. The molecule has 90 valence electrons. The molecule has 0 unspecified atom stereocenters. The fourth-order valence-corrected chi connectivity index (χ4v) is 1.79. The minimum absolute atomic E-state index is 0.0536. The molecule has 0 aliphatic carbocycles. The normalized spacial score (nSPS) is 13.6. The van der Waals surface area contributed by atoms with E-state index < -0.39 is 6.09 Å². The van der Waals surface area contributed by atoms with Gasteiger partial charge in [0, 0.05) is 18.7 Å². The standard InChI is InChI=1S/C12H14N2O3/c1-17-12(16)13-7-8-2-4-10-9(6-8)3-5-11(15)14-10/h2,4,6H,3,5,7H2,1H3,(H,13,16)(H,14,15). The van der Waals surface area contributed by atoms with E-state index in [0.717, 1.165) is 23.2 Å². The Hall–Kier alpha value is -2.04. The number of methoxy groups -OCH3 is 1. The zero-order chi connectivity index (χ0) is 12.3. The summed E-state index contributed by atoms with van der Waals surface area (Å²) in [6.07, 6.45) is 0.810. The largest absolute Gasteiger partial charge is 0.453 e. The highest BCUT2D eigenvalue weighted by atomic mass is 16.5. The first-order valence-corrected chi connectivity index (χ1v) is 5.42. The van der Waals surface area contributed by atoms with E-state index in [4.69, 9.17) is 0 Å². The van der Waals surface area contributed by atoms with Crippen molar-refractivity contribution >= 4 is 17.7 Å². The van der Waals surface area contributed by atoms with Crippen LogP contribution in [0.2, 0.25) is 0 Å². The first-order chi connectivity index (χ1) is 8.19. The third-order valence-electron chi connectivity index (χ3n) is 2.69. The van der Waals surface area contributed by atoms with Gasteiger partial charge in [0.1, 0.15) is 0 Å². The topological polar surface area (TPSA) is 67.4 Å². The highest BCUT2D eigenvalue weighted by Gasteiger charge is 2.14. The lowest BCUT2D eigenvalue weighted by Gasteiger charge is -2.17. The van der Waals surface area contributed by atoms with E-state index in [1.54, 1.807) is 0 Å². The summed E-state index contributed by atoms with van der Waals surface area (Å²) >= 11 is 0. The van der Waals surface area contributed by atoms with Crippen molar-refractivity contribution in [2.24, 2.45) is 0 Å². The van der Waals surface area contributed by atoms with Crippen LogP contribution >= 0.6 is 0 Å². The van der Waals surface area contributed by atoms with Crippen LogP contribution in [0.4, 0.5) is 10.5 Å². The zero-order valence-electron chi connectivity index (χ0n) is 9.58. The molecule has 5 nitrogen and oxygen atoms in total. The Bertz CT molecular complexity index is 457. The summed E-state index contributed by atoms with van der Waals surface area (Å²) in [6.45, 7) is 0.425. The van der Waals surface area contributed by atoms with Gasteiger partial charge in [-0.05, 0) is 23.6 Å². The molecule has 0 saturated carbocycles. The molecule has 1 aromatic rings. The van der Waals surface area contributed by atoms with E-state index in [1.165, 1.54) is 7.11 Å². The van der Waals surface area contributed by atoms with Crippen molar-refractivity contribution in [3.8, 4) is 0 Å². The molecule has 2 amide bonds. The number of nitrogens with one attached hydrogen (secondary N) is 2. The van der Waals surface area contributed by atoms with Gasteiger partial charge in [-0.25, -0.2) is 4.79 Å². The van der Waals surface area contributed by atoms with E-state index in [9.17, 15) is 9.59 Å². The number of benzene rings is 1. The number of rotatable bonds is 2. The second-order valence-electron chi connectivity index (χ2n) is 3.88. The van der Waals surface area contributed by atoms with Crippen molar-refractivity contribution < 1.29 is 14.3 Å². The van der Waals surface area contributed by atoms with Gasteiger partial charge in [-0.3, -0.25) is 4.79 Å². The quantitative estimate of drug-likeness (QED) is 0.813. The lowest BCUT2D eigenvalue weighted by atomic mass is 10.0. The summed E-state index contributed by atoms with van der Waals surface area (Å²) in [6, 6.07) is 5.73. The predicted octanol–water partition coefficient (Wildman–Crippen LogP) is 1.43. The number of ether oxygens (including phenoxy) is 1. The molecule has 0 fully saturated rings. The van der Waals surface area contributed by atoms with Gasteiger partial charge in [-0.1, -0.05) is 12.1 Å². The molecule has 2 N–H and O–H groups in total. The van der Waals surface area contributed by atoms with E-state index in [0.29, 0.717) is 13.0 Å². The molecule has 0 atom stereocenters. The Morgan fingerprint density at radius 2 is 2.29 bits per heavy atom. The number of anilines is 1. The van der Waals surface area contributed by atoms with Gasteiger partial charge >= 0.3 is 6.09 Å². The third kappa shape index (κ3) is 2.75. The second-order valence-corrected chi connectivity index (χ2v) is 3.88. The number of hydrogen-bond donors (Lipinski definition) is 2. The molecular formula is C12H14N2O3. The molecule has 1 aliphatic heterocycles. The van der Waals surface area contributed by atoms with E-state index in [1.807, 2.05) is 18.2 Å². The van der Waals surface area contributed by atoms with Gasteiger partial charge in [0.15, 0.2) is 0 Å². The molecule has 5 heteroatoms. The molecule has 0 saturated heterocycles. The summed E-state index contributed by atoms with van der Waals surface area (Å²) < 4.78 is 4.49. The van der Waals surface area contributed by atoms with Crippen molar-refractivity contribution in [1.29, 1.82) is 0 Å². The van der Waals surface area contributed by atoms with Gasteiger partial charge in [-0.2, -0.15) is 0 Å². The molecular weight excluding hydrogens is 220 g/mol. The number of amides is 2. The molecule has 2 rings (SSSR count). The Labute approximate surface area is 99.2 Å². The van der Waals surface area contributed by atoms with Crippen LogP contribution in [0.25, 0.3) is 0 Å². The monoisotopic (exact) mass is 234 g/mol. The Balaban J connectivity index is 2.06. The van der Waals surface area contributed by atoms with Gasteiger partial charge in [0.2, 0.25) is 5.91 Å². The summed E-state index contributed by atoms with van der Waals surface area (Å²) in [5, 5.41) is 5.43. The van der Waals surface area contributed by atoms with Crippen LogP contribution < -0.4 is 10.6 Å². The van der Waals surface area contributed by atoms with E-state index in [-0.39, 0.29) is 5.91 Å². The van der Waals surface area contributed by atoms with Gasteiger partial charge in [-0.15, -0.1) is 0 Å². The molecule has 0 bridgehead atoms. The molecule has 17 heavy (non-hydrogen) atoms. The highest BCUT2D eigenvalue weighted by molar-refractivity contribution is 5.93. The number of alkyl carbamates (subject to hydrolysis) is 1. The van der Waals surface area contributed by atoms with Gasteiger partial charge < -0.3 is 15.4 Å². The van der Waals surface area contributed by atoms with Crippen LogP contribution in [0.1, 0.15) is 17.5 Å². The number of fused-ring (bicyclic) bond motifs is 1. The predicted molar refractivity (Wildman–Crippen MR) is 62.6 cm³/mol. The molecule has 1 heterocycles. The van der Waals surface area contributed by atoms with Crippen molar-refractivity contribution in [2.45, 2.75) is 19.4 Å². The highest BCUT2D eigenvalue weighted by Crippen LogP contribution is 2.23. The molecule has 0 aromatic heterocycles. The molecule has 1 aromatic carbocycles. The Kier molecular flexibility index (Phi) is 3.27. The molecule has 0 spiro atoms. The van der Waals surface area contributed by atoms with Crippen molar-refractivity contribution in [1.82, 2.24) is 5.32 Å². The van der Waals surface area contributed by atoms with E-state index >= 15 is 0 Å². The number of carbonyl (C=O) groups excluding carboxylic acids is 2. The molecule has 0 radical (unpaired) electrons. The molecule has 1 aliphatic rings. The third-order valence-corrected chi connectivity index (χ3v) is 2.69. The van der Waals surface area contributed by atoms with Gasteiger partial charge in [0.05, 0.1) is 7.11 Å². The summed E-state index contributed by atoms with van der Waals surface area (Å²) in [7, 11) is 1.33. The lowest BCUT2D eigenvalue weighted by Crippen LogP contribution is -2.23. The SMILES string of the molecule is COC(=O)NCc1ccc2c(c1)CCC(=O)N2. The fraction of sp³-hybridized carbons (Fsp3) is 0.333. The fourth-order valence-electron chi connectivity index (χ4n) is 1.79. The maximum Gasteiger partial charge on any atom is 0.407 e. The van der Waals surface area contributed by atoms with Crippen LogP contribution in [-0.4, -0.2) is 19.1 Å². The maximum atomic E-state index is 11.2. The number of aryl methyl sites for hydroxylation is 1. The first-order valence-electron chi connectivity index (χ1n) is 5.42. The summed E-state index contributed by atoms with van der Waals surface area (Å²) in [5.74, 6) is 0.0536. The van der Waals surface area contributed by atoms with Crippen LogP contribution in [0, 0.1) is 0 Å². The van der Waals surface area contributed by atoms with Crippen molar-refractivity contribution in [3.05, 3.63) is 29.3 Å². The average molecular weight is 234 g/mol. The van der Waals surface area contributed by atoms with Crippen LogP contribution in [-0.2, 0) is 22.5 Å². The number of carbonyl (C=O) groups is 2. The van der Waals surface area contributed by atoms with E-state index in [2.05, 4.69) is 15.4 Å². The maximum absolute atomic E-state index is 11.2. The average Bonchev–Trinajstić information content (AvgIpc) is 2.35. The summed E-state index contributed by atoms with van der Waals surface area (Å²) in [4.78, 5) is 22.1. The second kappa shape index (κ2) is 4.86. The smallest absolute Gasteiger partial charge is 0.407 e. The zero-order valence-corrected chi connectivity index (χ0v) is 9.58. The van der Waals surface area contributed by atoms with Crippen LogP contribution in [0.15, 0.2) is 18.2 Å². The minimum atomic E-state index is -0.448. The Morgan fingerprint density at radius 3 is 3.06 bits per heavy atom. The van der Waals surface area contributed by atoms with Crippen molar-refractivity contribution in [3.63, 3.8) is 0 Å². The number of hydrogen-bond acceptors (Lipinski definition) is 3. The van der Waals surface area contributed by atoms with Gasteiger partial charge in [0.25, 0.3) is 0 Å². The van der Waals surface area contributed by atoms with Crippen molar-refractivity contribution in [2.75, 3.05) is 12.4 Å². The minimum Gasteiger partial charge on any atom is -0.453 e. The first kappa shape index (κ1) is 11.4. The van der Waals surface area contributed by atoms with Crippen LogP contribution in [0.3, 0.4) is 0 Å². The van der Waals surface area contributed by atoms with Crippen LogP contribution in [0.5, 0.6) is 0 Å². The lowest BCUT2D eigenvalue weighted by molar-refractivity contribution is -0.116. The Morgan fingerprint density at radius 1 is 1.47 bits per heavy atom.